The zero-order valence-corrected chi connectivity index (χ0v) is 13.3. The number of methoxy groups -OCH3 is 1. The third-order valence-corrected chi connectivity index (χ3v) is 3.14. The summed E-state index contributed by atoms with van der Waals surface area (Å²) in [6.45, 7) is 4.85. The van der Waals surface area contributed by atoms with E-state index in [4.69, 9.17) is 32.2 Å². The number of thiocarbonyl (C=S) groups is 1. The van der Waals surface area contributed by atoms with Gasteiger partial charge in [-0.1, -0.05) is 12.2 Å². The van der Waals surface area contributed by atoms with E-state index in [-0.39, 0.29) is 10.5 Å². The van der Waals surface area contributed by atoms with Crippen molar-refractivity contribution < 1.29 is 14.2 Å². The van der Waals surface area contributed by atoms with Crippen LogP contribution in [0.15, 0.2) is 16.9 Å². The molecule has 1 aromatic heterocycles. The summed E-state index contributed by atoms with van der Waals surface area (Å²) >= 11 is 4.86. The van der Waals surface area contributed by atoms with Crippen LogP contribution in [0, 0.1) is 6.92 Å². The summed E-state index contributed by atoms with van der Waals surface area (Å²) in [7, 11) is 1.63. The Balaban J connectivity index is 2.40. The zero-order chi connectivity index (χ0) is 15.7. The molecule has 118 valence electrons. The van der Waals surface area contributed by atoms with Gasteiger partial charge in [-0.15, -0.1) is 0 Å². The molecule has 0 aliphatic rings. The van der Waals surface area contributed by atoms with Crippen molar-refractivity contribution in [2.45, 2.75) is 13.5 Å². The molecule has 0 saturated carbocycles. The Labute approximate surface area is 129 Å². The van der Waals surface area contributed by atoms with Gasteiger partial charge in [0.1, 0.15) is 4.99 Å². The van der Waals surface area contributed by atoms with E-state index in [2.05, 4.69) is 0 Å². The Kier molecular flexibility index (Phi) is 8.14. The van der Waals surface area contributed by atoms with E-state index in [0.717, 1.165) is 5.69 Å². The van der Waals surface area contributed by atoms with Gasteiger partial charge in [-0.05, 0) is 19.1 Å². The summed E-state index contributed by atoms with van der Waals surface area (Å²) in [6.07, 6.45) is 0. The molecule has 1 heterocycles. The van der Waals surface area contributed by atoms with Crippen molar-refractivity contribution in [2.24, 2.45) is 5.73 Å². The van der Waals surface area contributed by atoms with Crippen LogP contribution in [0.3, 0.4) is 0 Å². The minimum atomic E-state index is -0.178. The second-order valence-electron chi connectivity index (χ2n) is 4.43. The van der Waals surface area contributed by atoms with Crippen LogP contribution in [0.1, 0.15) is 11.3 Å². The first kappa shape index (κ1) is 17.8. The Hall–Kier alpha value is -1.28. The van der Waals surface area contributed by atoms with Crippen LogP contribution >= 0.6 is 12.2 Å². The van der Waals surface area contributed by atoms with Gasteiger partial charge in [0.25, 0.3) is 5.56 Å². The number of rotatable bonds is 10. The summed E-state index contributed by atoms with van der Waals surface area (Å²) in [6, 6.07) is 3.48. The predicted octanol–water partition coefficient (Wildman–Crippen LogP) is 0.471. The molecule has 0 radical (unpaired) electrons. The van der Waals surface area contributed by atoms with E-state index in [1.165, 1.54) is 0 Å². The fraction of sp³-hybridized carbons (Fsp3) is 0.571. The SMILES string of the molecule is COCCOCCOCCn1c(C)ccc(C(N)=S)c1=O. The molecule has 0 bridgehead atoms. The molecule has 0 unspecified atom stereocenters. The molecule has 0 atom stereocenters. The maximum Gasteiger partial charge on any atom is 0.261 e. The summed E-state index contributed by atoms with van der Waals surface area (Å²) < 4.78 is 17.2. The second kappa shape index (κ2) is 9.62. The summed E-state index contributed by atoms with van der Waals surface area (Å²) in [5.74, 6) is 0. The number of nitrogens with zero attached hydrogens (tertiary/aromatic N) is 1. The fourth-order valence-electron chi connectivity index (χ4n) is 1.76. The van der Waals surface area contributed by atoms with Gasteiger partial charge >= 0.3 is 0 Å². The zero-order valence-electron chi connectivity index (χ0n) is 12.5. The van der Waals surface area contributed by atoms with Gasteiger partial charge in [0, 0.05) is 19.3 Å². The summed E-state index contributed by atoms with van der Waals surface area (Å²) in [5, 5.41) is 0. The lowest BCUT2D eigenvalue weighted by molar-refractivity contribution is 0.0228. The maximum atomic E-state index is 12.2. The standard InChI is InChI=1S/C14H22N2O4S/c1-11-3-4-12(13(15)21)14(17)16(11)5-6-19-9-10-20-8-7-18-2/h3-4H,5-10H2,1-2H3,(H2,15,21). The van der Waals surface area contributed by atoms with Gasteiger partial charge in [-0.25, -0.2) is 0 Å². The molecular formula is C14H22N2O4S. The topological polar surface area (TPSA) is 75.7 Å². The van der Waals surface area contributed by atoms with Gasteiger partial charge < -0.3 is 24.5 Å². The largest absolute Gasteiger partial charge is 0.389 e. The Morgan fingerprint density at radius 1 is 1.19 bits per heavy atom. The van der Waals surface area contributed by atoms with E-state index in [1.807, 2.05) is 13.0 Å². The van der Waals surface area contributed by atoms with Crippen molar-refractivity contribution in [3.63, 3.8) is 0 Å². The van der Waals surface area contributed by atoms with Gasteiger partial charge in [0.05, 0.1) is 38.6 Å². The van der Waals surface area contributed by atoms with Crippen molar-refractivity contribution in [3.8, 4) is 0 Å². The molecule has 0 saturated heterocycles. The molecule has 1 rings (SSSR count). The Bertz CT molecular complexity index is 516. The van der Waals surface area contributed by atoms with Crippen LogP contribution in [0.2, 0.25) is 0 Å². The molecule has 2 N–H and O–H groups in total. The van der Waals surface area contributed by atoms with E-state index in [0.29, 0.717) is 45.1 Å². The van der Waals surface area contributed by atoms with Crippen LogP contribution in [0.5, 0.6) is 0 Å². The number of nitrogens with two attached hydrogens (primary N) is 1. The molecule has 6 nitrogen and oxygen atoms in total. The smallest absolute Gasteiger partial charge is 0.261 e. The van der Waals surface area contributed by atoms with E-state index in [1.54, 1.807) is 17.7 Å². The number of aromatic nitrogens is 1. The van der Waals surface area contributed by atoms with Crippen molar-refractivity contribution in [3.05, 3.63) is 33.7 Å². The highest BCUT2D eigenvalue weighted by molar-refractivity contribution is 7.80. The number of hydrogen-bond donors (Lipinski definition) is 1. The average molecular weight is 314 g/mol. The maximum absolute atomic E-state index is 12.2. The van der Waals surface area contributed by atoms with Crippen molar-refractivity contribution >= 4 is 17.2 Å². The quantitative estimate of drug-likeness (QED) is 0.500. The predicted molar refractivity (Wildman–Crippen MR) is 84.8 cm³/mol. The molecule has 0 fully saturated rings. The minimum Gasteiger partial charge on any atom is -0.389 e. The van der Waals surface area contributed by atoms with Gasteiger partial charge in [0.15, 0.2) is 0 Å². The van der Waals surface area contributed by atoms with Gasteiger partial charge in [-0.3, -0.25) is 4.79 Å². The molecule has 0 aliphatic carbocycles. The van der Waals surface area contributed by atoms with E-state index >= 15 is 0 Å². The first-order valence-corrected chi connectivity index (χ1v) is 7.13. The molecule has 0 aliphatic heterocycles. The fourth-order valence-corrected chi connectivity index (χ4v) is 1.91. The van der Waals surface area contributed by atoms with Crippen molar-refractivity contribution in [1.29, 1.82) is 0 Å². The Morgan fingerprint density at radius 3 is 2.43 bits per heavy atom. The molecule has 7 heteroatoms. The summed E-state index contributed by atoms with van der Waals surface area (Å²) in [4.78, 5) is 12.3. The number of aryl methyl sites for hydroxylation is 1. The van der Waals surface area contributed by atoms with Crippen molar-refractivity contribution in [1.82, 2.24) is 4.57 Å². The normalized spacial score (nSPS) is 10.8. The second-order valence-corrected chi connectivity index (χ2v) is 4.87. The lowest BCUT2D eigenvalue weighted by atomic mass is 10.2. The highest BCUT2D eigenvalue weighted by Crippen LogP contribution is 1.99. The van der Waals surface area contributed by atoms with Crippen LogP contribution < -0.4 is 11.3 Å². The van der Waals surface area contributed by atoms with Crippen LogP contribution in [-0.2, 0) is 20.8 Å². The van der Waals surface area contributed by atoms with Gasteiger partial charge in [-0.2, -0.15) is 0 Å². The third-order valence-electron chi connectivity index (χ3n) is 2.92. The highest BCUT2D eigenvalue weighted by Gasteiger charge is 2.08. The molecule has 21 heavy (non-hydrogen) atoms. The average Bonchev–Trinajstić information content (AvgIpc) is 2.44. The molecule has 0 spiro atoms. The number of ether oxygens (including phenoxy) is 3. The number of pyridine rings is 1. The Morgan fingerprint density at radius 2 is 1.81 bits per heavy atom. The third kappa shape index (κ3) is 5.92. The van der Waals surface area contributed by atoms with Crippen LogP contribution in [0.4, 0.5) is 0 Å². The molecule has 0 aromatic carbocycles. The van der Waals surface area contributed by atoms with E-state index < -0.39 is 0 Å². The lowest BCUT2D eigenvalue weighted by Crippen LogP contribution is -2.31. The highest BCUT2D eigenvalue weighted by atomic mass is 32.1. The van der Waals surface area contributed by atoms with E-state index in [9.17, 15) is 4.79 Å². The van der Waals surface area contributed by atoms with Crippen molar-refractivity contribution in [2.75, 3.05) is 40.1 Å². The first-order valence-electron chi connectivity index (χ1n) is 6.72. The molecular weight excluding hydrogens is 292 g/mol. The molecule has 1 aromatic rings. The molecule has 0 amide bonds. The minimum absolute atomic E-state index is 0.112. The first-order chi connectivity index (χ1) is 10.1. The van der Waals surface area contributed by atoms with Crippen LogP contribution in [0.25, 0.3) is 0 Å². The number of hydrogen-bond acceptors (Lipinski definition) is 5. The lowest BCUT2D eigenvalue weighted by Gasteiger charge is -2.12. The van der Waals surface area contributed by atoms with Gasteiger partial charge in [0.2, 0.25) is 0 Å². The summed E-state index contributed by atoms with van der Waals surface area (Å²) in [5.41, 5.74) is 6.56. The van der Waals surface area contributed by atoms with Crippen LogP contribution in [-0.4, -0.2) is 49.7 Å². The monoisotopic (exact) mass is 314 g/mol.